The number of rotatable bonds is 4. The van der Waals surface area contributed by atoms with Crippen LogP contribution in [-0.4, -0.2) is 17.3 Å². The Balaban J connectivity index is 2.54. The Bertz CT molecular complexity index is 299. The van der Waals surface area contributed by atoms with E-state index in [1.165, 1.54) is 0 Å². The van der Waals surface area contributed by atoms with E-state index in [2.05, 4.69) is 5.32 Å². The molecule has 14 heavy (non-hydrogen) atoms. The van der Waals surface area contributed by atoms with Crippen LogP contribution in [0.3, 0.4) is 0 Å². The van der Waals surface area contributed by atoms with Crippen LogP contribution < -0.4 is 5.32 Å². The first-order chi connectivity index (χ1) is 6.53. The summed E-state index contributed by atoms with van der Waals surface area (Å²) in [5, 5.41) is 13.0. The fourth-order valence-corrected chi connectivity index (χ4v) is 1.26. The molecule has 0 atom stereocenters. The molecule has 0 aromatic heterocycles. The second-order valence-electron chi connectivity index (χ2n) is 4.03. The molecule has 1 aromatic rings. The molecule has 0 spiro atoms. The molecule has 0 aliphatic rings. The van der Waals surface area contributed by atoms with Gasteiger partial charge in [0.2, 0.25) is 0 Å². The summed E-state index contributed by atoms with van der Waals surface area (Å²) < 4.78 is 0. The third-order valence-corrected chi connectivity index (χ3v) is 2.29. The van der Waals surface area contributed by atoms with Gasteiger partial charge in [-0.05, 0) is 31.5 Å². The summed E-state index contributed by atoms with van der Waals surface area (Å²) in [6, 6.07) is 7.70. The van der Waals surface area contributed by atoms with Gasteiger partial charge in [0.1, 0.15) is 0 Å². The Morgan fingerprint density at radius 1 is 1.43 bits per heavy atom. The van der Waals surface area contributed by atoms with Crippen LogP contribution in [0.15, 0.2) is 24.3 Å². The molecule has 0 saturated carbocycles. The van der Waals surface area contributed by atoms with E-state index < -0.39 is 0 Å². The van der Waals surface area contributed by atoms with Gasteiger partial charge in [0.25, 0.3) is 0 Å². The van der Waals surface area contributed by atoms with Gasteiger partial charge in [0.05, 0.1) is 6.61 Å². The predicted octanol–water partition coefficient (Wildman–Crippen LogP) is 2.20. The predicted molar refractivity (Wildman–Crippen MR) is 59.5 cm³/mol. The van der Waals surface area contributed by atoms with Gasteiger partial charge in [-0.3, -0.25) is 0 Å². The number of halogens is 1. The van der Waals surface area contributed by atoms with Gasteiger partial charge in [-0.15, -0.1) is 0 Å². The van der Waals surface area contributed by atoms with E-state index in [0.29, 0.717) is 6.54 Å². The number of benzene rings is 1. The fraction of sp³-hybridized carbons (Fsp3) is 0.455. The van der Waals surface area contributed by atoms with Crippen LogP contribution in [-0.2, 0) is 6.54 Å². The zero-order valence-electron chi connectivity index (χ0n) is 8.55. The minimum atomic E-state index is -0.248. The lowest BCUT2D eigenvalue weighted by atomic mass is 10.1. The van der Waals surface area contributed by atoms with Crippen LogP contribution >= 0.6 is 11.6 Å². The third kappa shape index (κ3) is 3.66. The molecule has 1 rings (SSSR count). The highest BCUT2D eigenvalue weighted by Crippen LogP contribution is 2.11. The standard InChI is InChI=1S/C11H16ClNO/c1-11(2,8-14)13-7-9-4-3-5-10(12)6-9/h3-6,13-14H,7-8H2,1-2H3. The van der Waals surface area contributed by atoms with E-state index >= 15 is 0 Å². The molecule has 0 radical (unpaired) electrons. The average Bonchev–Trinajstić information content (AvgIpc) is 2.15. The first kappa shape index (κ1) is 11.5. The van der Waals surface area contributed by atoms with Gasteiger partial charge in [-0.25, -0.2) is 0 Å². The van der Waals surface area contributed by atoms with Gasteiger partial charge < -0.3 is 10.4 Å². The smallest absolute Gasteiger partial charge is 0.0607 e. The normalized spacial score (nSPS) is 11.7. The Morgan fingerprint density at radius 3 is 2.71 bits per heavy atom. The summed E-state index contributed by atoms with van der Waals surface area (Å²) in [6.07, 6.45) is 0. The maximum atomic E-state index is 9.04. The topological polar surface area (TPSA) is 32.3 Å². The van der Waals surface area contributed by atoms with E-state index in [0.717, 1.165) is 10.6 Å². The monoisotopic (exact) mass is 213 g/mol. The lowest BCUT2D eigenvalue weighted by Gasteiger charge is -2.23. The summed E-state index contributed by atoms with van der Waals surface area (Å²) in [7, 11) is 0. The lowest BCUT2D eigenvalue weighted by Crippen LogP contribution is -2.42. The van der Waals surface area contributed by atoms with Gasteiger partial charge in [0.15, 0.2) is 0 Å². The molecular weight excluding hydrogens is 198 g/mol. The maximum Gasteiger partial charge on any atom is 0.0607 e. The number of aliphatic hydroxyl groups excluding tert-OH is 1. The highest BCUT2D eigenvalue weighted by Gasteiger charge is 2.14. The maximum absolute atomic E-state index is 9.04. The highest BCUT2D eigenvalue weighted by atomic mass is 35.5. The van der Waals surface area contributed by atoms with Gasteiger partial charge in [-0.2, -0.15) is 0 Å². The first-order valence-corrected chi connectivity index (χ1v) is 5.02. The molecule has 0 fully saturated rings. The van der Waals surface area contributed by atoms with Crippen molar-refractivity contribution in [2.75, 3.05) is 6.61 Å². The number of hydrogen-bond acceptors (Lipinski definition) is 2. The van der Waals surface area contributed by atoms with Crippen LogP contribution in [0, 0.1) is 0 Å². The van der Waals surface area contributed by atoms with Crippen LogP contribution in [0.25, 0.3) is 0 Å². The van der Waals surface area contributed by atoms with Crippen molar-refractivity contribution in [1.82, 2.24) is 5.32 Å². The Hall–Kier alpha value is -0.570. The molecule has 0 bridgehead atoms. The molecule has 2 nitrogen and oxygen atoms in total. The molecule has 3 heteroatoms. The van der Waals surface area contributed by atoms with Crippen LogP contribution in [0.1, 0.15) is 19.4 Å². The van der Waals surface area contributed by atoms with Gasteiger partial charge in [-0.1, -0.05) is 23.7 Å². The molecule has 0 saturated heterocycles. The van der Waals surface area contributed by atoms with Crippen molar-refractivity contribution in [3.8, 4) is 0 Å². The van der Waals surface area contributed by atoms with E-state index in [1.54, 1.807) is 0 Å². The van der Waals surface area contributed by atoms with Crippen molar-refractivity contribution in [3.05, 3.63) is 34.9 Å². The summed E-state index contributed by atoms with van der Waals surface area (Å²) >= 11 is 5.85. The van der Waals surface area contributed by atoms with Crippen molar-refractivity contribution < 1.29 is 5.11 Å². The zero-order valence-corrected chi connectivity index (χ0v) is 9.30. The van der Waals surface area contributed by atoms with E-state index in [9.17, 15) is 0 Å². The highest BCUT2D eigenvalue weighted by molar-refractivity contribution is 6.30. The zero-order chi connectivity index (χ0) is 10.6. The van der Waals surface area contributed by atoms with Crippen LogP contribution in [0.4, 0.5) is 0 Å². The quantitative estimate of drug-likeness (QED) is 0.804. The summed E-state index contributed by atoms with van der Waals surface area (Å²) in [4.78, 5) is 0. The summed E-state index contributed by atoms with van der Waals surface area (Å²) in [6.45, 7) is 4.75. The molecule has 0 aliphatic carbocycles. The Kier molecular flexibility index (Phi) is 3.93. The Labute approximate surface area is 89.9 Å². The van der Waals surface area contributed by atoms with E-state index in [1.807, 2.05) is 38.1 Å². The van der Waals surface area contributed by atoms with Crippen LogP contribution in [0.2, 0.25) is 5.02 Å². The lowest BCUT2D eigenvalue weighted by molar-refractivity contribution is 0.187. The molecular formula is C11H16ClNO. The van der Waals surface area contributed by atoms with Crippen molar-refractivity contribution in [1.29, 1.82) is 0 Å². The fourth-order valence-electron chi connectivity index (χ4n) is 1.04. The SMILES string of the molecule is CC(C)(CO)NCc1cccc(Cl)c1. The third-order valence-electron chi connectivity index (χ3n) is 2.06. The number of aliphatic hydroxyl groups is 1. The Morgan fingerprint density at radius 2 is 2.14 bits per heavy atom. The van der Waals surface area contributed by atoms with Crippen molar-refractivity contribution in [2.24, 2.45) is 0 Å². The molecule has 0 heterocycles. The molecule has 2 N–H and O–H groups in total. The first-order valence-electron chi connectivity index (χ1n) is 4.64. The molecule has 1 aromatic carbocycles. The van der Waals surface area contributed by atoms with Crippen molar-refractivity contribution in [2.45, 2.75) is 25.9 Å². The molecule has 0 amide bonds. The van der Waals surface area contributed by atoms with Crippen molar-refractivity contribution >= 4 is 11.6 Å². The van der Waals surface area contributed by atoms with Gasteiger partial charge in [0, 0.05) is 17.1 Å². The molecule has 78 valence electrons. The number of hydrogen-bond donors (Lipinski definition) is 2. The van der Waals surface area contributed by atoms with E-state index in [4.69, 9.17) is 16.7 Å². The second-order valence-corrected chi connectivity index (χ2v) is 4.46. The summed E-state index contributed by atoms with van der Waals surface area (Å²) in [5.74, 6) is 0. The minimum absolute atomic E-state index is 0.119. The average molecular weight is 214 g/mol. The van der Waals surface area contributed by atoms with Crippen molar-refractivity contribution in [3.63, 3.8) is 0 Å². The minimum Gasteiger partial charge on any atom is -0.394 e. The summed E-state index contributed by atoms with van der Waals surface area (Å²) in [5.41, 5.74) is 0.876. The second kappa shape index (κ2) is 4.78. The van der Waals surface area contributed by atoms with Gasteiger partial charge >= 0.3 is 0 Å². The molecule has 0 aliphatic heterocycles. The number of nitrogens with one attached hydrogen (secondary N) is 1. The molecule has 0 unspecified atom stereocenters. The van der Waals surface area contributed by atoms with E-state index in [-0.39, 0.29) is 12.1 Å². The van der Waals surface area contributed by atoms with Crippen LogP contribution in [0.5, 0.6) is 0 Å². The largest absolute Gasteiger partial charge is 0.394 e.